The van der Waals surface area contributed by atoms with E-state index in [1.807, 2.05) is 0 Å². The Morgan fingerprint density at radius 2 is 2.37 bits per heavy atom. The van der Waals surface area contributed by atoms with E-state index in [0.29, 0.717) is 18.8 Å². The SMILES string of the molecule is CN(Cc1ccco1)S(=O)(=O)N1CCCC(CO)C1. The van der Waals surface area contributed by atoms with Crippen molar-refractivity contribution in [3.05, 3.63) is 24.2 Å². The Kier molecular flexibility index (Phi) is 4.62. The number of nitrogens with zero attached hydrogens (tertiary/aromatic N) is 2. The van der Waals surface area contributed by atoms with Crippen LogP contribution in [0.5, 0.6) is 0 Å². The lowest BCUT2D eigenvalue weighted by Gasteiger charge is -2.33. The molecule has 19 heavy (non-hydrogen) atoms. The molecule has 1 aromatic rings. The molecule has 0 radical (unpaired) electrons. The third-order valence-electron chi connectivity index (χ3n) is 3.42. The molecule has 1 aromatic heterocycles. The highest BCUT2D eigenvalue weighted by Crippen LogP contribution is 2.21. The zero-order valence-corrected chi connectivity index (χ0v) is 11.8. The van der Waals surface area contributed by atoms with Crippen LogP contribution >= 0.6 is 0 Å². The Morgan fingerprint density at radius 3 is 3.00 bits per heavy atom. The van der Waals surface area contributed by atoms with Crippen LogP contribution in [0.15, 0.2) is 22.8 Å². The average Bonchev–Trinajstić information content (AvgIpc) is 2.91. The van der Waals surface area contributed by atoms with Gasteiger partial charge < -0.3 is 9.52 Å². The summed E-state index contributed by atoms with van der Waals surface area (Å²) in [6.45, 7) is 1.16. The van der Waals surface area contributed by atoms with Gasteiger partial charge >= 0.3 is 0 Å². The summed E-state index contributed by atoms with van der Waals surface area (Å²) in [7, 11) is -1.94. The number of hydrogen-bond acceptors (Lipinski definition) is 4. The molecule has 0 spiro atoms. The zero-order chi connectivity index (χ0) is 13.9. The van der Waals surface area contributed by atoms with Gasteiger partial charge in [-0.25, -0.2) is 0 Å². The van der Waals surface area contributed by atoms with Crippen molar-refractivity contribution in [1.29, 1.82) is 0 Å². The molecule has 6 nitrogen and oxygen atoms in total. The Morgan fingerprint density at radius 1 is 1.58 bits per heavy atom. The Bertz CT molecular complexity index is 486. The summed E-state index contributed by atoms with van der Waals surface area (Å²) < 4.78 is 32.7. The van der Waals surface area contributed by atoms with Crippen LogP contribution < -0.4 is 0 Å². The summed E-state index contributed by atoms with van der Waals surface area (Å²) in [6, 6.07) is 3.48. The smallest absolute Gasteiger partial charge is 0.282 e. The van der Waals surface area contributed by atoms with E-state index in [1.54, 1.807) is 19.2 Å². The number of aliphatic hydroxyl groups excluding tert-OH is 1. The molecule has 1 unspecified atom stereocenters. The molecule has 2 heterocycles. The Hall–Kier alpha value is -0.890. The Balaban J connectivity index is 2.04. The van der Waals surface area contributed by atoms with Crippen molar-refractivity contribution in [3.63, 3.8) is 0 Å². The van der Waals surface area contributed by atoms with Gasteiger partial charge in [0.15, 0.2) is 0 Å². The van der Waals surface area contributed by atoms with Gasteiger partial charge in [-0.2, -0.15) is 17.0 Å². The molecule has 1 aliphatic rings. The first-order valence-corrected chi connectivity index (χ1v) is 7.78. The van der Waals surface area contributed by atoms with Gasteiger partial charge in [0.2, 0.25) is 0 Å². The van der Waals surface area contributed by atoms with Gasteiger partial charge in [0.1, 0.15) is 5.76 Å². The van der Waals surface area contributed by atoms with Gasteiger partial charge in [0, 0.05) is 26.7 Å². The van der Waals surface area contributed by atoms with E-state index < -0.39 is 10.2 Å². The molecule has 1 aliphatic heterocycles. The molecule has 108 valence electrons. The van der Waals surface area contributed by atoms with Crippen molar-refractivity contribution in [2.75, 3.05) is 26.7 Å². The van der Waals surface area contributed by atoms with Crippen LogP contribution in [0.1, 0.15) is 18.6 Å². The third-order valence-corrected chi connectivity index (χ3v) is 5.32. The molecule has 2 rings (SSSR count). The molecule has 0 bridgehead atoms. The molecule has 1 saturated heterocycles. The second kappa shape index (κ2) is 6.04. The van der Waals surface area contributed by atoms with Crippen LogP contribution in [-0.4, -0.2) is 48.9 Å². The fourth-order valence-electron chi connectivity index (χ4n) is 2.29. The van der Waals surface area contributed by atoms with Gasteiger partial charge in [0.25, 0.3) is 10.2 Å². The minimum absolute atomic E-state index is 0.0356. The fraction of sp³-hybridized carbons (Fsp3) is 0.667. The van der Waals surface area contributed by atoms with Crippen molar-refractivity contribution < 1.29 is 17.9 Å². The molecule has 0 aliphatic carbocycles. The molecule has 7 heteroatoms. The lowest BCUT2D eigenvalue weighted by atomic mass is 10.0. The monoisotopic (exact) mass is 288 g/mol. The van der Waals surface area contributed by atoms with Crippen molar-refractivity contribution >= 4 is 10.2 Å². The second-order valence-electron chi connectivity index (χ2n) is 4.89. The Labute approximate surface area is 113 Å². The molecular weight excluding hydrogens is 268 g/mol. The molecule has 0 amide bonds. The number of rotatable bonds is 5. The van der Waals surface area contributed by atoms with Gasteiger partial charge in [0.05, 0.1) is 12.8 Å². The van der Waals surface area contributed by atoms with E-state index in [1.165, 1.54) is 14.9 Å². The highest BCUT2D eigenvalue weighted by molar-refractivity contribution is 7.86. The van der Waals surface area contributed by atoms with Crippen molar-refractivity contribution in [3.8, 4) is 0 Å². The number of furan rings is 1. The van der Waals surface area contributed by atoms with Crippen LogP contribution in [0, 0.1) is 5.92 Å². The molecule has 0 saturated carbocycles. The van der Waals surface area contributed by atoms with Gasteiger partial charge in [-0.05, 0) is 30.9 Å². The average molecular weight is 288 g/mol. The quantitative estimate of drug-likeness (QED) is 0.864. The predicted molar refractivity (Wildman–Crippen MR) is 70.5 cm³/mol. The lowest BCUT2D eigenvalue weighted by molar-refractivity contribution is 0.161. The molecule has 1 atom stereocenters. The lowest BCUT2D eigenvalue weighted by Crippen LogP contribution is -2.46. The van der Waals surface area contributed by atoms with Crippen LogP contribution in [0.2, 0.25) is 0 Å². The summed E-state index contributed by atoms with van der Waals surface area (Å²) in [5.74, 6) is 0.655. The molecule has 1 N–H and O–H groups in total. The summed E-state index contributed by atoms with van der Waals surface area (Å²) >= 11 is 0. The number of aliphatic hydroxyl groups is 1. The van der Waals surface area contributed by atoms with E-state index >= 15 is 0 Å². The number of hydrogen-bond donors (Lipinski definition) is 1. The van der Waals surface area contributed by atoms with E-state index in [9.17, 15) is 13.5 Å². The second-order valence-corrected chi connectivity index (χ2v) is 6.93. The molecular formula is C12H20N2O4S. The minimum atomic E-state index is -3.49. The highest BCUT2D eigenvalue weighted by Gasteiger charge is 2.31. The largest absolute Gasteiger partial charge is 0.468 e. The summed E-state index contributed by atoms with van der Waals surface area (Å²) in [4.78, 5) is 0. The zero-order valence-electron chi connectivity index (χ0n) is 11.0. The maximum absolute atomic E-state index is 12.4. The van der Waals surface area contributed by atoms with Crippen LogP contribution in [0.3, 0.4) is 0 Å². The predicted octanol–water partition coefficient (Wildman–Crippen LogP) is 0.661. The van der Waals surface area contributed by atoms with E-state index in [0.717, 1.165) is 12.8 Å². The molecule has 1 fully saturated rings. The van der Waals surface area contributed by atoms with Crippen LogP contribution in [0.25, 0.3) is 0 Å². The number of piperidine rings is 1. The van der Waals surface area contributed by atoms with Crippen molar-refractivity contribution in [2.45, 2.75) is 19.4 Å². The summed E-state index contributed by atoms with van der Waals surface area (Å²) in [5, 5.41) is 9.17. The highest BCUT2D eigenvalue weighted by atomic mass is 32.2. The first kappa shape index (κ1) is 14.5. The topological polar surface area (TPSA) is 74.0 Å². The maximum atomic E-state index is 12.4. The van der Waals surface area contributed by atoms with Gasteiger partial charge in [-0.1, -0.05) is 0 Å². The van der Waals surface area contributed by atoms with Gasteiger partial charge in [-0.15, -0.1) is 0 Å². The minimum Gasteiger partial charge on any atom is -0.468 e. The standard InChI is InChI=1S/C12H20N2O4S/c1-13(9-12-5-3-7-18-12)19(16,17)14-6-2-4-11(8-14)10-15/h3,5,7,11,15H,2,4,6,8-10H2,1H3. The van der Waals surface area contributed by atoms with E-state index in [4.69, 9.17) is 4.42 Å². The first-order valence-electron chi connectivity index (χ1n) is 6.38. The van der Waals surface area contributed by atoms with Crippen molar-refractivity contribution in [1.82, 2.24) is 8.61 Å². The molecule has 0 aromatic carbocycles. The summed E-state index contributed by atoms with van der Waals surface area (Å²) in [6.07, 6.45) is 3.20. The van der Waals surface area contributed by atoms with Gasteiger partial charge in [-0.3, -0.25) is 0 Å². The fourth-order valence-corrected chi connectivity index (χ4v) is 3.73. The van der Waals surface area contributed by atoms with Crippen molar-refractivity contribution in [2.24, 2.45) is 5.92 Å². The van der Waals surface area contributed by atoms with Crippen LogP contribution in [0.4, 0.5) is 0 Å². The first-order chi connectivity index (χ1) is 9.04. The maximum Gasteiger partial charge on any atom is 0.282 e. The van der Waals surface area contributed by atoms with E-state index in [2.05, 4.69) is 0 Å². The van der Waals surface area contributed by atoms with E-state index in [-0.39, 0.29) is 19.1 Å². The third kappa shape index (κ3) is 3.36. The normalized spacial score (nSPS) is 21.9. The van der Waals surface area contributed by atoms with Crippen LogP contribution in [-0.2, 0) is 16.8 Å². The summed E-state index contributed by atoms with van der Waals surface area (Å²) in [5.41, 5.74) is 0.